The molecule has 1 spiro atoms. The van der Waals surface area contributed by atoms with Crippen molar-refractivity contribution >= 4 is 5.69 Å². The van der Waals surface area contributed by atoms with Crippen molar-refractivity contribution in [2.45, 2.75) is 56.7 Å². The fourth-order valence-corrected chi connectivity index (χ4v) is 3.40. The molecule has 1 aliphatic carbocycles. The molecule has 3 rings (SSSR count). The Hall–Kier alpha value is -1.22. The first-order chi connectivity index (χ1) is 9.27. The lowest BCUT2D eigenvalue weighted by atomic mass is 9.79. The molecule has 0 radical (unpaired) electrons. The van der Waals surface area contributed by atoms with Gasteiger partial charge < -0.3 is 15.2 Å². The predicted molar refractivity (Wildman–Crippen MR) is 76.3 cm³/mol. The average molecular weight is 261 g/mol. The molecule has 1 heterocycles. The third kappa shape index (κ3) is 2.86. The molecular formula is C16H23NO2. The van der Waals surface area contributed by atoms with Crippen molar-refractivity contribution in [2.24, 2.45) is 0 Å². The van der Waals surface area contributed by atoms with Crippen LogP contribution in [0.3, 0.4) is 0 Å². The number of benzene rings is 1. The standard InChI is InChI=1S/C16H23NO2/c17-14-6-2-3-7-15(14)19-13-8-11-18-16(12-13)9-4-1-5-10-16/h2-3,6-7,13H,1,4-5,8-12,17H2. The van der Waals surface area contributed by atoms with Gasteiger partial charge in [-0.25, -0.2) is 0 Å². The molecule has 1 aromatic rings. The maximum atomic E-state index is 6.11. The van der Waals surface area contributed by atoms with Crippen LogP contribution >= 0.6 is 0 Å². The second kappa shape index (κ2) is 5.41. The van der Waals surface area contributed by atoms with Crippen LogP contribution in [0.4, 0.5) is 5.69 Å². The van der Waals surface area contributed by atoms with E-state index >= 15 is 0 Å². The Morgan fingerprint density at radius 2 is 1.95 bits per heavy atom. The first kappa shape index (κ1) is 12.8. The highest BCUT2D eigenvalue weighted by Crippen LogP contribution is 2.39. The highest BCUT2D eigenvalue weighted by molar-refractivity contribution is 5.51. The van der Waals surface area contributed by atoms with Gasteiger partial charge in [0.15, 0.2) is 0 Å². The van der Waals surface area contributed by atoms with Crippen molar-refractivity contribution in [3.63, 3.8) is 0 Å². The Balaban J connectivity index is 1.67. The molecule has 2 aliphatic rings. The van der Waals surface area contributed by atoms with Crippen molar-refractivity contribution < 1.29 is 9.47 Å². The number of hydrogen-bond acceptors (Lipinski definition) is 3. The van der Waals surface area contributed by atoms with Crippen LogP contribution in [0.1, 0.15) is 44.9 Å². The molecule has 2 N–H and O–H groups in total. The monoisotopic (exact) mass is 261 g/mol. The summed E-state index contributed by atoms with van der Waals surface area (Å²) in [6.45, 7) is 0.817. The molecule has 104 valence electrons. The summed E-state index contributed by atoms with van der Waals surface area (Å²) in [5, 5.41) is 0. The van der Waals surface area contributed by atoms with Crippen LogP contribution in [0, 0.1) is 0 Å². The topological polar surface area (TPSA) is 44.5 Å². The summed E-state index contributed by atoms with van der Waals surface area (Å²) in [4.78, 5) is 0. The molecular weight excluding hydrogens is 238 g/mol. The zero-order valence-corrected chi connectivity index (χ0v) is 11.4. The number of nitrogen functional groups attached to an aromatic ring is 1. The highest BCUT2D eigenvalue weighted by Gasteiger charge is 2.39. The maximum Gasteiger partial charge on any atom is 0.142 e. The van der Waals surface area contributed by atoms with Crippen molar-refractivity contribution in [1.82, 2.24) is 0 Å². The minimum Gasteiger partial charge on any atom is -0.488 e. The van der Waals surface area contributed by atoms with Gasteiger partial charge in [0.05, 0.1) is 17.9 Å². The van der Waals surface area contributed by atoms with Crippen LogP contribution in [0.5, 0.6) is 5.75 Å². The van der Waals surface area contributed by atoms with E-state index in [0.717, 1.165) is 30.9 Å². The molecule has 0 amide bonds. The molecule has 1 aliphatic heterocycles. The summed E-state index contributed by atoms with van der Waals surface area (Å²) in [7, 11) is 0. The van der Waals surface area contributed by atoms with Crippen molar-refractivity contribution in [1.29, 1.82) is 0 Å². The Morgan fingerprint density at radius 1 is 1.16 bits per heavy atom. The van der Waals surface area contributed by atoms with E-state index in [2.05, 4.69) is 0 Å². The molecule has 1 unspecified atom stereocenters. The summed E-state index contributed by atoms with van der Waals surface area (Å²) >= 11 is 0. The lowest BCUT2D eigenvalue weighted by Crippen LogP contribution is -2.45. The summed E-state index contributed by atoms with van der Waals surface area (Å²) in [6, 6.07) is 7.76. The van der Waals surface area contributed by atoms with E-state index in [-0.39, 0.29) is 11.7 Å². The largest absolute Gasteiger partial charge is 0.488 e. The minimum absolute atomic E-state index is 0.0880. The summed E-state index contributed by atoms with van der Waals surface area (Å²) in [5.41, 5.74) is 6.77. The number of anilines is 1. The smallest absolute Gasteiger partial charge is 0.142 e. The van der Waals surface area contributed by atoms with Gasteiger partial charge in [-0.3, -0.25) is 0 Å². The summed E-state index contributed by atoms with van der Waals surface area (Å²) in [6.07, 6.45) is 8.55. The molecule has 0 aromatic heterocycles. The van der Waals surface area contributed by atoms with Crippen LogP contribution < -0.4 is 10.5 Å². The summed E-state index contributed by atoms with van der Waals surface area (Å²) in [5.74, 6) is 0.820. The van der Waals surface area contributed by atoms with Crippen molar-refractivity contribution in [3.8, 4) is 5.75 Å². The number of ether oxygens (including phenoxy) is 2. The lowest BCUT2D eigenvalue weighted by molar-refractivity contribution is -0.129. The second-order valence-electron chi connectivity index (χ2n) is 5.86. The third-order valence-electron chi connectivity index (χ3n) is 4.43. The normalized spacial score (nSPS) is 26.2. The Labute approximate surface area is 115 Å². The van der Waals surface area contributed by atoms with Gasteiger partial charge in [-0.1, -0.05) is 31.4 Å². The molecule has 0 bridgehead atoms. The Morgan fingerprint density at radius 3 is 2.74 bits per heavy atom. The van der Waals surface area contributed by atoms with E-state index in [9.17, 15) is 0 Å². The van der Waals surface area contributed by atoms with Gasteiger partial charge in [0, 0.05) is 12.8 Å². The molecule has 1 saturated carbocycles. The predicted octanol–water partition coefficient (Wildman–Crippen LogP) is 3.53. The van der Waals surface area contributed by atoms with Gasteiger partial charge in [0.2, 0.25) is 0 Å². The first-order valence-corrected chi connectivity index (χ1v) is 7.43. The fourth-order valence-electron chi connectivity index (χ4n) is 3.40. The molecule has 3 heteroatoms. The van der Waals surface area contributed by atoms with Gasteiger partial charge >= 0.3 is 0 Å². The number of nitrogens with two attached hydrogens (primary N) is 1. The quantitative estimate of drug-likeness (QED) is 0.828. The second-order valence-corrected chi connectivity index (χ2v) is 5.86. The van der Waals surface area contributed by atoms with E-state index in [0.29, 0.717) is 0 Å². The van der Waals surface area contributed by atoms with E-state index in [1.54, 1.807) is 0 Å². The van der Waals surface area contributed by atoms with E-state index < -0.39 is 0 Å². The zero-order chi connectivity index (χ0) is 13.1. The average Bonchev–Trinajstić information content (AvgIpc) is 2.42. The van der Waals surface area contributed by atoms with Crippen molar-refractivity contribution in [3.05, 3.63) is 24.3 Å². The van der Waals surface area contributed by atoms with Gasteiger partial charge in [0.25, 0.3) is 0 Å². The summed E-state index contributed by atoms with van der Waals surface area (Å²) < 4.78 is 12.2. The van der Waals surface area contributed by atoms with Gasteiger partial charge in [-0.2, -0.15) is 0 Å². The first-order valence-electron chi connectivity index (χ1n) is 7.43. The van der Waals surface area contributed by atoms with Gasteiger partial charge in [0.1, 0.15) is 11.9 Å². The van der Waals surface area contributed by atoms with E-state index in [1.807, 2.05) is 24.3 Å². The van der Waals surface area contributed by atoms with Crippen LogP contribution in [-0.4, -0.2) is 18.3 Å². The van der Waals surface area contributed by atoms with Crippen molar-refractivity contribution in [2.75, 3.05) is 12.3 Å². The molecule has 3 nitrogen and oxygen atoms in total. The lowest BCUT2D eigenvalue weighted by Gasteiger charge is -2.43. The van der Waals surface area contributed by atoms with Crippen LogP contribution in [0.25, 0.3) is 0 Å². The molecule has 19 heavy (non-hydrogen) atoms. The van der Waals surface area contributed by atoms with E-state index in [1.165, 1.54) is 32.1 Å². The maximum absolute atomic E-state index is 6.11. The third-order valence-corrected chi connectivity index (χ3v) is 4.43. The van der Waals surface area contributed by atoms with Crippen LogP contribution in [0.2, 0.25) is 0 Å². The molecule has 1 aromatic carbocycles. The zero-order valence-electron chi connectivity index (χ0n) is 11.4. The SMILES string of the molecule is Nc1ccccc1OC1CCOC2(CCCCC2)C1. The molecule has 1 atom stereocenters. The number of hydrogen-bond donors (Lipinski definition) is 1. The van der Waals surface area contributed by atoms with Gasteiger partial charge in [-0.15, -0.1) is 0 Å². The Bertz CT molecular complexity index is 421. The highest BCUT2D eigenvalue weighted by atomic mass is 16.5. The van der Waals surface area contributed by atoms with Crippen LogP contribution in [0.15, 0.2) is 24.3 Å². The van der Waals surface area contributed by atoms with E-state index in [4.69, 9.17) is 15.2 Å². The van der Waals surface area contributed by atoms with Gasteiger partial charge in [-0.05, 0) is 25.0 Å². The fraction of sp³-hybridized carbons (Fsp3) is 0.625. The Kier molecular flexibility index (Phi) is 3.65. The molecule has 2 fully saturated rings. The van der Waals surface area contributed by atoms with Crippen LogP contribution in [-0.2, 0) is 4.74 Å². The minimum atomic E-state index is 0.0880. The molecule has 1 saturated heterocycles. The number of rotatable bonds is 2. The number of para-hydroxylation sites is 2.